The minimum Gasteiger partial charge on any atom is -0.282 e. The molecule has 0 saturated carbocycles. The molecule has 8 nitrogen and oxygen atoms in total. The van der Waals surface area contributed by atoms with Crippen molar-refractivity contribution in [2.45, 2.75) is 9.79 Å². The van der Waals surface area contributed by atoms with Gasteiger partial charge in [0.1, 0.15) is 9.79 Å². The highest BCUT2D eigenvalue weighted by molar-refractivity contribution is 7.86. The molecule has 0 aliphatic rings. The van der Waals surface area contributed by atoms with Crippen LogP contribution < -0.4 is 0 Å². The highest BCUT2D eigenvalue weighted by Gasteiger charge is 2.14. The first kappa shape index (κ1) is 17.9. The van der Waals surface area contributed by atoms with Crippen LogP contribution >= 0.6 is 0 Å². The van der Waals surface area contributed by atoms with Gasteiger partial charge in [0.2, 0.25) is 0 Å². The van der Waals surface area contributed by atoms with Gasteiger partial charge in [-0.3, -0.25) is 9.11 Å². The van der Waals surface area contributed by atoms with E-state index in [-0.39, 0.29) is 20.9 Å². The molecule has 0 aliphatic carbocycles. The molecule has 0 heterocycles. The molecule has 24 heavy (non-hydrogen) atoms. The van der Waals surface area contributed by atoms with Crippen LogP contribution in [0.1, 0.15) is 11.1 Å². The van der Waals surface area contributed by atoms with Gasteiger partial charge in [0.05, 0.1) is 12.4 Å². The van der Waals surface area contributed by atoms with Crippen LogP contribution in [0, 0.1) is 0 Å². The summed E-state index contributed by atoms with van der Waals surface area (Å²) in [4.78, 5) is -0.662. The van der Waals surface area contributed by atoms with Crippen LogP contribution in [0.2, 0.25) is 0 Å². The summed E-state index contributed by atoms with van der Waals surface area (Å²) < 4.78 is 63.1. The molecule has 0 bridgehead atoms. The fourth-order valence-electron chi connectivity index (χ4n) is 1.84. The van der Waals surface area contributed by atoms with Crippen molar-refractivity contribution in [3.05, 3.63) is 59.7 Å². The summed E-state index contributed by atoms with van der Waals surface area (Å²) in [5.41, 5.74) is 0.223. The van der Waals surface area contributed by atoms with Crippen molar-refractivity contribution in [2.24, 2.45) is 10.2 Å². The fourth-order valence-corrected chi connectivity index (χ4v) is 3.17. The second-order valence-electron chi connectivity index (χ2n) is 4.51. The second kappa shape index (κ2) is 7.01. The van der Waals surface area contributed by atoms with Crippen LogP contribution in [0.25, 0.3) is 0 Å². The third kappa shape index (κ3) is 4.55. The molecule has 0 unspecified atom stereocenters. The average Bonchev–Trinajstić information content (AvgIpc) is 2.50. The van der Waals surface area contributed by atoms with Gasteiger partial charge in [0.25, 0.3) is 20.2 Å². The van der Waals surface area contributed by atoms with Crippen LogP contribution in [-0.2, 0) is 20.2 Å². The zero-order valence-electron chi connectivity index (χ0n) is 12.0. The highest BCUT2D eigenvalue weighted by atomic mass is 32.2. The summed E-state index contributed by atoms with van der Waals surface area (Å²) in [7, 11) is -8.81. The van der Waals surface area contributed by atoms with Gasteiger partial charge >= 0.3 is 0 Å². The molecular weight excluding hydrogens is 356 g/mol. The van der Waals surface area contributed by atoms with Crippen LogP contribution in [0.4, 0.5) is 0 Å². The molecule has 2 aromatic carbocycles. The summed E-state index contributed by atoms with van der Waals surface area (Å²) >= 11 is 0. The normalized spacial score (nSPS) is 12.9. The van der Waals surface area contributed by atoms with Crippen molar-refractivity contribution in [3.8, 4) is 0 Å². The molecule has 0 spiro atoms. The summed E-state index contributed by atoms with van der Waals surface area (Å²) in [6, 6.07) is 11.2. The first-order valence-corrected chi connectivity index (χ1v) is 9.27. The Morgan fingerprint density at radius 1 is 0.667 bits per heavy atom. The third-order valence-electron chi connectivity index (χ3n) is 2.85. The van der Waals surface area contributed by atoms with Gasteiger partial charge in [-0.15, -0.1) is 0 Å². The Balaban J connectivity index is 2.31. The van der Waals surface area contributed by atoms with Gasteiger partial charge in [0, 0.05) is 11.1 Å². The number of nitrogens with zero attached hydrogens (tertiary/aromatic N) is 2. The quantitative estimate of drug-likeness (QED) is 0.468. The molecule has 10 heteroatoms. The minimum atomic E-state index is -4.40. The lowest BCUT2D eigenvalue weighted by atomic mass is 10.2. The molecular formula is C14H12N2O6S2. The number of hydrogen-bond donors (Lipinski definition) is 2. The number of hydrogen-bond acceptors (Lipinski definition) is 6. The first-order chi connectivity index (χ1) is 11.2. The van der Waals surface area contributed by atoms with Gasteiger partial charge in [-0.05, 0) is 12.1 Å². The van der Waals surface area contributed by atoms with E-state index in [1.807, 2.05) is 0 Å². The lowest BCUT2D eigenvalue weighted by Gasteiger charge is -2.01. The molecule has 0 aromatic heterocycles. The van der Waals surface area contributed by atoms with Crippen molar-refractivity contribution in [3.63, 3.8) is 0 Å². The Labute approximate surface area is 138 Å². The van der Waals surface area contributed by atoms with Gasteiger partial charge in [0.15, 0.2) is 0 Å². The average molecular weight is 368 g/mol. The molecule has 0 fully saturated rings. The van der Waals surface area contributed by atoms with E-state index in [0.29, 0.717) is 0 Å². The predicted molar refractivity (Wildman–Crippen MR) is 87.7 cm³/mol. The SMILES string of the molecule is O=S(=O)(O)c1ccccc1/C=N/N=C/c1ccccc1S(=O)(=O)O. The molecule has 2 N–H and O–H groups in total. The van der Waals surface area contributed by atoms with Crippen molar-refractivity contribution in [1.82, 2.24) is 0 Å². The summed E-state index contributed by atoms with van der Waals surface area (Å²) in [5, 5.41) is 7.25. The van der Waals surface area contributed by atoms with Crippen LogP contribution in [0.5, 0.6) is 0 Å². The van der Waals surface area contributed by atoms with E-state index in [0.717, 1.165) is 12.4 Å². The van der Waals surface area contributed by atoms with Crippen molar-refractivity contribution < 1.29 is 25.9 Å². The van der Waals surface area contributed by atoms with Gasteiger partial charge < -0.3 is 0 Å². The van der Waals surface area contributed by atoms with E-state index in [1.165, 1.54) is 36.4 Å². The lowest BCUT2D eigenvalue weighted by Crippen LogP contribution is -2.02. The molecule has 0 amide bonds. The van der Waals surface area contributed by atoms with E-state index < -0.39 is 20.2 Å². The third-order valence-corrected chi connectivity index (χ3v) is 4.71. The topological polar surface area (TPSA) is 133 Å². The first-order valence-electron chi connectivity index (χ1n) is 6.39. The Hall–Kier alpha value is -2.40. The van der Waals surface area contributed by atoms with E-state index in [1.54, 1.807) is 12.1 Å². The second-order valence-corrected chi connectivity index (χ2v) is 7.29. The molecule has 2 rings (SSSR count). The van der Waals surface area contributed by atoms with E-state index in [4.69, 9.17) is 9.11 Å². The van der Waals surface area contributed by atoms with Crippen LogP contribution in [-0.4, -0.2) is 38.4 Å². The highest BCUT2D eigenvalue weighted by Crippen LogP contribution is 2.14. The Bertz CT molecular complexity index is 928. The van der Waals surface area contributed by atoms with Crippen LogP contribution in [0.3, 0.4) is 0 Å². The van der Waals surface area contributed by atoms with E-state index in [9.17, 15) is 16.8 Å². The standard InChI is InChI=1S/C14H12N2O6S2/c17-23(18,19)13-7-3-1-5-11(13)9-15-16-10-12-6-2-4-8-14(12)24(20,21)22/h1-10H,(H,17,18,19)(H,20,21,22)/b15-9+,16-10+. The molecule has 0 radical (unpaired) electrons. The maximum Gasteiger partial charge on any atom is 0.295 e. The van der Waals surface area contributed by atoms with Crippen molar-refractivity contribution in [1.29, 1.82) is 0 Å². The summed E-state index contributed by atoms with van der Waals surface area (Å²) in [5.74, 6) is 0. The molecule has 0 saturated heterocycles. The smallest absolute Gasteiger partial charge is 0.282 e. The Morgan fingerprint density at radius 3 is 1.33 bits per heavy atom. The lowest BCUT2D eigenvalue weighted by molar-refractivity contribution is 0.481. The molecule has 0 aliphatic heterocycles. The fraction of sp³-hybridized carbons (Fsp3) is 0. The van der Waals surface area contributed by atoms with Crippen molar-refractivity contribution >= 4 is 32.7 Å². The monoisotopic (exact) mass is 368 g/mol. The van der Waals surface area contributed by atoms with E-state index in [2.05, 4.69) is 10.2 Å². The number of benzene rings is 2. The molecule has 126 valence electrons. The molecule has 0 atom stereocenters. The van der Waals surface area contributed by atoms with Gasteiger partial charge in [-0.2, -0.15) is 27.0 Å². The van der Waals surface area contributed by atoms with Gasteiger partial charge in [-0.25, -0.2) is 0 Å². The van der Waals surface area contributed by atoms with Gasteiger partial charge in [-0.1, -0.05) is 36.4 Å². The molecule has 2 aromatic rings. The Morgan fingerprint density at radius 2 is 1.00 bits per heavy atom. The zero-order valence-corrected chi connectivity index (χ0v) is 13.6. The number of rotatable bonds is 5. The van der Waals surface area contributed by atoms with Crippen molar-refractivity contribution in [2.75, 3.05) is 0 Å². The maximum absolute atomic E-state index is 11.2. The maximum atomic E-state index is 11.2. The summed E-state index contributed by atoms with van der Waals surface area (Å²) in [6.07, 6.45) is 2.19. The van der Waals surface area contributed by atoms with E-state index >= 15 is 0 Å². The largest absolute Gasteiger partial charge is 0.295 e. The Kier molecular flexibility index (Phi) is 5.24. The minimum absolute atomic E-state index is 0.111. The predicted octanol–water partition coefficient (Wildman–Crippen LogP) is 1.63. The zero-order chi connectivity index (χ0) is 17.8. The summed E-state index contributed by atoms with van der Waals surface area (Å²) in [6.45, 7) is 0. The van der Waals surface area contributed by atoms with Crippen LogP contribution in [0.15, 0.2) is 68.5 Å².